The van der Waals surface area contributed by atoms with Gasteiger partial charge >= 0.3 is 0 Å². The first-order valence-electron chi connectivity index (χ1n) is 15.4. The fraction of sp³-hybridized carbons (Fsp3) is 0.385. The largest absolute Gasteiger partial charge is 0.311 e. The minimum atomic E-state index is 0.192. The van der Waals surface area contributed by atoms with E-state index in [1.165, 1.54) is 65.0 Å². The third-order valence-electron chi connectivity index (χ3n) is 10.9. The number of benzene rings is 4. The van der Waals surface area contributed by atoms with Crippen LogP contribution >= 0.6 is 0 Å². The van der Waals surface area contributed by atoms with Gasteiger partial charge in [0.1, 0.15) is 0 Å². The molecule has 5 rings (SSSR count). The Morgan fingerprint density at radius 2 is 0.850 bits per heavy atom. The number of fused-ring (bicyclic) bond motifs is 1. The van der Waals surface area contributed by atoms with E-state index in [9.17, 15) is 0 Å². The number of hydrogen-bond acceptors (Lipinski definition) is 1. The molecule has 0 spiro atoms. The summed E-state index contributed by atoms with van der Waals surface area (Å²) in [5.41, 5.74) is 12.5. The molecule has 40 heavy (non-hydrogen) atoms. The van der Waals surface area contributed by atoms with E-state index in [1.807, 2.05) is 0 Å². The van der Waals surface area contributed by atoms with Gasteiger partial charge in [-0.2, -0.15) is 0 Å². The molecule has 0 amide bonds. The molecule has 1 aliphatic carbocycles. The Hall–Kier alpha value is -3.32. The molecule has 1 heteroatoms. The van der Waals surface area contributed by atoms with Crippen molar-refractivity contribution < 1.29 is 0 Å². The standard InChI is InChI=1S/C39H47N/c1-9-38(10-2)35-26-19-31(27-36(35)39(11-3,12-4)37(38,7)8)30-17-24-34(25-18-30)40(32-20-13-28(5)14-21-32)33-22-15-29(6)16-23-33/h13-27H,9-12H2,1-8H3. The second kappa shape index (κ2) is 10.6. The Bertz CT molecular complexity index is 1400. The second-order valence-electron chi connectivity index (χ2n) is 12.5. The van der Waals surface area contributed by atoms with Crippen LogP contribution in [0.4, 0.5) is 17.1 Å². The minimum absolute atomic E-state index is 0.192. The van der Waals surface area contributed by atoms with Crippen LogP contribution in [0.15, 0.2) is 91.0 Å². The van der Waals surface area contributed by atoms with Crippen molar-refractivity contribution >= 4 is 17.1 Å². The quantitative estimate of drug-likeness (QED) is 0.219. The van der Waals surface area contributed by atoms with Crippen LogP contribution in [-0.2, 0) is 10.8 Å². The number of anilines is 3. The maximum absolute atomic E-state index is 2.55. The highest BCUT2D eigenvalue weighted by Crippen LogP contribution is 2.67. The molecular weight excluding hydrogens is 482 g/mol. The smallest absolute Gasteiger partial charge is 0.0462 e. The lowest BCUT2D eigenvalue weighted by Crippen LogP contribution is -2.47. The molecule has 0 bridgehead atoms. The molecule has 4 aromatic rings. The van der Waals surface area contributed by atoms with Gasteiger partial charge in [-0.25, -0.2) is 0 Å². The van der Waals surface area contributed by atoms with Crippen LogP contribution < -0.4 is 4.90 Å². The average molecular weight is 530 g/mol. The highest BCUT2D eigenvalue weighted by molar-refractivity contribution is 5.79. The minimum Gasteiger partial charge on any atom is -0.311 e. The van der Waals surface area contributed by atoms with Gasteiger partial charge in [0.05, 0.1) is 0 Å². The third-order valence-corrected chi connectivity index (χ3v) is 10.9. The molecule has 1 nitrogen and oxygen atoms in total. The van der Waals surface area contributed by atoms with Crippen molar-refractivity contribution in [2.24, 2.45) is 5.41 Å². The average Bonchev–Trinajstić information content (AvgIpc) is 3.14. The molecule has 1 aliphatic rings. The van der Waals surface area contributed by atoms with Crippen molar-refractivity contribution in [3.8, 4) is 11.1 Å². The SMILES string of the molecule is CCC1(CC)c2ccc(-c3ccc(N(c4ccc(C)cc4)c4ccc(C)cc4)cc3)cc2C(CC)(CC)C1(C)C. The monoisotopic (exact) mass is 529 g/mol. The Kier molecular flexibility index (Phi) is 7.47. The van der Waals surface area contributed by atoms with Crippen LogP contribution in [0.5, 0.6) is 0 Å². The molecule has 0 atom stereocenters. The fourth-order valence-electron chi connectivity index (χ4n) is 8.34. The Labute approximate surface area is 243 Å². The van der Waals surface area contributed by atoms with Crippen LogP contribution in [0.1, 0.15) is 89.5 Å². The summed E-state index contributed by atoms with van der Waals surface area (Å²) in [6, 6.07) is 34.2. The molecule has 0 aliphatic heterocycles. The first kappa shape index (κ1) is 28.2. The summed E-state index contributed by atoms with van der Waals surface area (Å²) in [6.07, 6.45) is 4.73. The predicted molar refractivity (Wildman–Crippen MR) is 174 cm³/mol. The topological polar surface area (TPSA) is 3.24 Å². The Morgan fingerprint density at radius 3 is 1.27 bits per heavy atom. The molecule has 0 saturated carbocycles. The van der Waals surface area contributed by atoms with Gasteiger partial charge in [-0.1, -0.05) is 107 Å². The lowest BCUT2D eigenvalue weighted by Gasteiger charge is -2.50. The van der Waals surface area contributed by atoms with Gasteiger partial charge < -0.3 is 4.90 Å². The summed E-state index contributed by atoms with van der Waals surface area (Å²) in [5, 5.41) is 0. The predicted octanol–water partition coefficient (Wildman–Crippen LogP) is 11.6. The van der Waals surface area contributed by atoms with Crippen molar-refractivity contribution in [3.63, 3.8) is 0 Å². The molecule has 208 valence electrons. The number of rotatable bonds is 8. The summed E-state index contributed by atoms with van der Waals surface area (Å²) in [5.74, 6) is 0. The lowest BCUT2D eigenvalue weighted by atomic mass is 9.53. The van der Waals surface area contributed by atoms with Crippen LogP contribution in [0.2, 0.25) is 0 Å². The zero-order valence-electron chi connectivity index (χ0n) is 25.9. The van der Waals surface area contributed by atoms with E-state index in [1.54, 1.807) is 11.1 Å². The van der Waals surface area contributed by atoms with E-state index in [2.05, 4.69) is 151 Å². The number of hydrogen-bond donors (Lipinski definition) is 0. The Balaban J connectivity index is 1.58. The molecule has 0 unspecified atom stereocenters. The van der Waals surface area contributed by atoms with Crippen LogP contribution in [-0.4, -0.2) is 0 Å². The number of aryl methyl sites for hydroxylation is 2. The van der Waals surface area contributed by atoms with Gasteiger partial charge in [0.15, 0.2) is 0 Å². The van der Waals surface area contributed by atoms with Gasteiger partial charge in [-0.3, -0.25) is 0 Å². The van der Waals surface area contributed by atoms with Crippen molar-refractivity contribution in [2.45, 2.75) is 91.9 Å². The van der Waals surface area contributed by atoms with Crippen molar-refractivity contribution in [1.29, 1.82) is 0 Å². The second-order valence-corrected chi connectivity index (χ2v) is 12.5. The van der Waals surface area contributed by atoms with Crippen LogP contribution in [0, 0.1) is 19.3 Å². The highest BCUT2D eigenvalue weighted by atomic mass is 15.1. The molecule has 0 radical (unpaired) electrons. The zero-order valence-corrected chi connectivity index (χ0v) is 25.9. The number of nitrogens with zero attached hydrogens (tertiary/aromatic N) is 1. The maximum atomic E-state index is 2.55. The van der Waals surface area contributed by atoms with E-state index in [0.29, 0.717) is 0 Å². The van der Waals surface area contributed by atoms with E-state index >= 15 is 0 Å². The molecule has 0 N–H and O–H groups in total. The first-order chi connectivity index (χ1) is 19.2. The van der Waals surface area contributed by atoms with E-state index < -0.39 is 0 Å². The molecule has 0 saturated heterocycles. The van der Waals surface area contributed by atoms with Gasteiger partial charge in [0, 0.05) is 27.9 Å². The fourth-order valence-corrected chi connectivity index (χ4v) is 8.34. The van der Waals surface area contributed by atoms with E-state index in [-0.39, 0.29) is 16.2 Å². The zero-order chi connectivity index (χ0) is 28.7. The lowest BCUT2D eigenvalue weighted by molar-refractivity contribution is 0.0611. The van der Waals surface area contributed by atoms with Crippen molar-refractivity contribution in [3.05, 3.63) is 113 Å². The maximum Gasteiger partial charge on any atom is 0.0462 e. The van der Waals surface area contributed by atoms with E-state index in [0.717, 1.165) is 0 Å². The van der Waals surface area contributed by atoms with Gasteiger partial charge in [-0.15, -0.1) is 0 Å². The summed E-state index contributed by atoms with van der Waals surface area (Å²) in [7, 11) is 0. The summed E-state index contributed by atoms with van der Waals surface area (Å²) in [6.45, 7) is 19.0. The van der Waals surface area contributed by atoms with Crippen molar-refractivity contribution in [2.75, 3.05) is 4.90 Å². The van der Waals surface area contributed by atoms with Crippen molar-refractivity contribution in [1.82, 2.24) is 0 Å². The third kappa shape index (κ3) is 4.12. The summed E-state index contributed by atoms with van der Waals surface area (Å²) < 4.78 is 0. The van der Waals surface area contributed by atoms with E-state index in [4.69, 9.17) is 0 Å². The molecular formula is C39H47N. The first-order valence-corrected chi connectivity index (χ1v) is 15.4. The van der Waals surface area contributed by atoms with Gasteiger partial charge in [0.25, 0.3) is 0 Å². The molecule has 0 fully saturated rings. The van der Waals surface area contributed by atoms with Crippen LogP contribution in [0.3, 0.4) is 0 Å². The molecule has 0 heterocycles. The Morgan fingerprint density at radius 1 is 0.475 bits per heavy atom. The molecule has 0 aromatic heterocycles. The normalized spacial score (nSPS) is 16.5. The molecule has 4 aromatic carbocycles. The highest BCUT2D eigenvalue weighted by Gasteiger charge is 2.61. The van der Waals surface area contributed by atoms with Gasteiger partial charge in [0.2, 0.25) is 0 Å². The summed E-state index contributed by atoms with van der Waals surface area (Å²) in [4.78, 5) is 2.35. The summed E-state index contributed by atoms with van der Waals surface area (Å²) >= 11 is 0. The van der Waals surface area contributed by atoms with Gasteiger partial charge in [-0.05, 0) is 104 Å². The van der Waals surface area contributed by atoms with Crippen LogP contribution in [0.25, 0.3) is 11.1 Å².